The van der Waals surface area contributed by atoms with E-state index in [4.69, 9.17) is 5.26 Å². The molecule has 0 heterocycles. The van der Waals surface area contributed by atoms with Crippen LogP contribution in [0.15, 0.2) is 35.4 Å². The average molecular weight is 184 g/mol. The van der Waals surface area contributed by atoms with Crippen molar-refractivity contribution in [3.05, 3.63) is 35.4 Å². The van der Waals surface area contributed by atoms with E-state index in [2.05, 4.69) is 22.5 Å². The Kier molecular flexibility index (Phi) is 4.85. The van der Waals surface area contributed by atoms with Gasteiger partial charge in [0, 0.05) is 10.6 Å². The van der Waals surface area contributed by atoms with Gasteiger partial charge in [-0.3, -0.25) is 0 Å². The Balaban J connectivity index is 3.86. The molecule has 0 radical (unpaired) electrons. The summed E-state index contributed by atoms with van der Waals surface area (Å²) in [6.45, 7) is 3.51. The van der Waals surface area contributed by atoms with Gasteiger partial charge in [0.1, 0.15) is 0 Å². The van der Waals surface area contributed by atoms with Gasteiger partial charge in [-0.15, -0.1) is 0 Å². The minimum Gasteiger partial charge on any atom is -0.193 e. The van der Waals surface area contributed by atoms with Gasteiger partial charge < -0.3 is 0 Å². The summed E-state index contributed by atoms with van der Waals surface area (Å²) in [5, 5.41) is 8.04. The number of hydrogen-bond donors (Lipinski definition) is 0. The van der Waals surface area contributed by atoms with Crippen LogP contribution in [-0.2, 0) is 0 Å². The van der Waals surface area contributed by atoms with Gasteiger partial charge in [-0.05, 0) is 6.08 Å². The van der Waals surface area contributed by atoms with Crippen LogP contribution >= 0.6 is 15.9 Å². The molecule has 0 aliphatic carbocycles. The molecular formula is C7H6BrN. The van der Waals surface area contributed by atoms with Crippen molar-refractivity contribution in [3.63, 3.8) is 0 Å². The lowest BCUT2D eigenvalue weighted by molar-refractivity contribution is 1.53. The molecule has 0 aliphatic rings. The second-order valence-corrected chi connectivity index (χ2v) is 2.16. The van der Waals surface area contributed by atoms with Crippen LogP contribution in [-0.4, -0.2) is 0 Å². The smallest absolute Gasteiger partial charge is 0.0912 e. The maximum atomic E-state index is 8.04. The van der Waals surface area contributed by atoms with Crippen LogP contribution in [0.25, 0.3) is 0 Å². The summed E-state index contributed by atoms with van der Waals surface area (Å²) in [4.78, 5) is 0. The predicted molar refractivity (Wildman–Crippen MR) is 42.0 cm³/mol. The lowest BCUT2D eigenvalue weighted by atomic mass is 10.4. The number of rotatable bonds is 2. The molecule has 0 bridgehead atoms. The summed E-state index contributed by atoms with van der Waals surface area (Å²) in [5.74, 6) is 0. The van der Waals surface area contributed by atoms with Gasteiger partial charge in [-0.1, -0.05) is 34.7 Å². The van der Waals surface area contributed by atoms with E-state index in [-0.39, 0.29) is 0 Å². The number of halogens is 1. The molecule has 0 amide bonds. The highest BCUT2D eigenvalue weighted by Crippen LogP contribution is 2.03. The minimum absolute atomic E-state index is 0.869. The van der Waals surface area contributed by atoms with Crippen LogP contribution in [0, 0.1) is 11.3 Å². The summed E-state index contributed by atoms with van der Waals surface area (Å²) in [5.41, 5.74) is 0. The van der Waals surface area contributed by atoms with Crippen molar-refractivity contribution in [1.82, 2.24) is 0 Å². The van der Waals surface area contributed by atoms with Crippen molar-refractivity contribution in [2.45, 2.75) is 0 Å². The molecule has 1 nitrogen and oxygen atoms in total. The summed E-state index contributed by atoms with van der Waals surface area (Å²) in [6, 6.07) is 1.87. The van der Waals surface area contributed by atoms with E-state index in [0.29, 0.717) is 0 Å². The molecule has 0 fully saturated rings. The zero-order chi connectivity index (χ0) is 7.11. The second kappa shape index (κ2) is 5.33. The molecule has 0 aromatic heterocycles. The van der Waals surface area contributed by atoms with Gasteiger partial charge in [0.15, 0.2) is 0 Å². The molecule has 0 spiro atoms. The van der Waals surface area contributed by atoms with Crippen molar-refractivity contribution < 1.29 is 0 Å². The Hall–Kier alpha value is -0.810. The highest BCUT2D eigenvalue weighted by atomic mass is 79.9. The third-order valence-corrected chi connectivity index (χ3v) is 1.21. The van der Waals surface area contributed by atoms with Crippen LogP contribution in [0.5, 0.6) is 0 Å². The molecular weight excluding hydrogens is 178 g/mol. The van der Waals surface area contributed by atoms with E-state index in [1.807, 2.05) is 6.07 Å². The Morgan fingerprint density at radius 1 is 1.67 bits per heavy atom. The van der Waals surface area contributed by atoms with E-state index >= 15 is 0 Å². The van der Waals surface area contributed by atoms with Crippen molar-refractivity contribution in [2.75, 3.05) is 0 Å². The predicted octanol–water partition coefficient (Wildman–Crippen LogP) is 2.53. The molecule has 0 aromatic carbocycles. The highest BCUT2D eigenvalue weighted by Gasteiger charge is 1.74. The maximum absolute atomic E-state index is 8.04. The second-order valence-electron chi connectivity index (χ2n) is 1.24. The third-order valence-electron chi connectivity index (χ3n) is 0.621. The first-order valence-electron chi connectivity index (χ1n) is 2.35. The van der Waals surface area contributed by atoms with E-state index in [1.165, 1.54) is 6.08 Å². The zero-order valence-electron chi connectivity index (χ0n) is 4.84. The van der Waals surface area contributed by atoms with E-state index in [0.717, 1.165) is 4.48 Å². The van der Waals surface area contributed by atoms with Gasteiger partial charge in [-0.2, -0.15) is 5.26 Å². The van der Waals surface area contributed by atoms with E-state index < -0.39 is 0 Å². The molecule has 9 heavy (non-hydrogen) atoms. The van der Waals surface area contributed by atoms with Gasteiger partial charge in [0.05, 0.1) is 6.07 Å². The fraction of sp³-hybridized carbons (Fsp3) is 0. The van der Waals surface area contributed by atoms with Gasteiger partial charge in [-0.25, -0.2) is 0 Å². The molecule has 0 aromatic rings. The molecule has 0 atom stereocenters. The van der Waals surface area contributed by atoms with Crippen molar-refractivity contribution >= 4 is 15.9 Å². The molecule has 0 aliphatic heterocycles. The molecule has 0 saturated heterocycles. The van der Waals surface area contributed by atoms with Gasteiger partial charge in [0.25, 0.3) is 0 Å². The maximum Gasteiger partial charge on any atom is 0.0912 e. The monoisotopic (exact) mass is 183 g/mol. The average Bonchev–Trinajstić information content (AvgIpc) is 1.89. The SMILES string of the molecule is C=C/C(Br)=C\C=C\C#N. The first kappa shape index (κ1) is 8.19. The van der Waals surface area contributed by atoms with Crippen LogP contribution < -0.4 is 0 Å². The van der Waals surface area contributed by atoms with Crippen molar-refractivity contribution in [1.29, 1.82) is 5.26 Å². The molecule has 0 unspecified atom stereocenters. The summed E-state index contributed by atoms with van der Waals surface area (Å²) < 4.78 is 0.869. The molecule has 2 heteroatoms. The van der Waals surface area contributed by atoms with Gasteiger partial charge >= 0.3 is 0 Å². The van der Waals surface area contributed by atoms with Gasteiger partial charge in [0.2, 0.25) is 0 Å². The Labute approximate surface area is 63.1 Å². The zero-order valence-corrected chi connectivity index (χ0v) is 6.43. The molecule has 46 valence electrons. The summed E-state index contributed by atoms with van der Waals surface area (Å²) >= 11 is 3.19. The van der Waals surface area contributed by atoms with E-state index in [1.54, 1.807) is 18.2 Å². The quantitative estimate of drug-likeness (QED) is 0.477. The third kappa shape index (κ3) is 5.05. The lowest BCUT2D eigenvalue weighted by Crippen LogP contribution is -1.55. The summed E-state index contributed by atoms with van der Waals surface area (Å²) in [7, 11) is 0. The normalized spacial score (nSPS) is 11.3. The van der Waals surface area contributed by atoms with Crippen LogP contribution in [0.1, 0.15) is 0 Å². The van der Waals surface area contributed by atoms with Crippen molar-refractivity contribution in [2.24, 2.45) is 0 Å². The Bertz CT molecular complexity index is 184. The lowest BCUT2D eigenvalue weighted by Gasteiger charge is -1.78. The fourth-order valence-corrected chi connectivity index (χ4v) is 0.404. The van der Waals surface area contributed by atoms with Crippen LogP contribution in [0.4, 0.5) is 0 Å². The molecule has 0 N–H and O–H groups in total. The number of allylic oxidation sites excluding steroid dienone is 5. The topological polar surface area (TPSA) is 23.8 Å². The first-order valence-corrected chi connectivity index (χ1v) is 3.15. The summed E-state index contributed by atoms with van der Waals surface area (Å²) in [6.07, 6.45) is 6.44. The van der Waals surface area contributed by atoms with Crippen molar-refractivity contribution in [3.8, 4) is 6.07 Å². The number of nitrogens with zero attached hydrogens (tertiary/aromatic N) is 1. The standard InChI is InChI=1S/C7H6BrN/c1-2-7(8)5-3-4-6-9/h2-5H,1H2/b4-3+,7-5+. The minimum atomic E-state index is 0.869. The van der Waals surface area contributed by atoms with E-state index in [9.17, 15) is 0 Å². The van der Waals surface area contributed by atoms with Crippen LogP contribution in [0.3, 0.4) is 0 Å². The largest absolute Gasteiger partial charge is 0.193 e. The molecule has 0 rings (SSSR count). The first-order chi connectivity index (χ1) is 4.31. The number of hydrogen-bond acceptors (Lipinski definition) is 1. The fourth-order valence-electron chi connectivity index (χ4n) is 0.251. The Morgan fingerprint density at radius 3 is 2.78 bits per heavy atom. The van der Waals surface area contributed by atoms with Crippen LogP contribution in [0.2, 0.25) is 0 Å². The Morgan fingerprint density at radius 2 is 2.33 bits per heavy atom. The number of nitriles is 1. The molecule has 0 saturated carbocycles. The highest BCUT2D eigenvalue weighted by molar-refractivity contribution is 9.11.